The minimum atomic E-state index is -4.15. The minimum Gasteiger partial charge on any atom is -0.366 e. The van der Waals surface area contributed by atoms with Gasteiger partial charge in [-0.3, -0.25) is 4.90 Å². The molecular formula is C13H17F3N6. The first-order valence-corrected chi connectivity index (χ1v) is 7.20. The molecule has 2 aromatic heterocycles. The largest absolute Gasteiger partial charge is 0.401 e. The van der Waals surface area contributed by atoms with E-state index in [1.54, 1.807) is 4.52 Å². The van der Waals surface area contributed by atoms with Gasteiger partial charge in [0.25, 0.3) is 5.78 Å². The Morgan fingerprint density at radius 1 is 1.41 bits per heavy atom. The van der Waals surface area contributed by atoms with Crippen molar-refractivity contribution >= 4 is 11.6 Å². The number of hydrogen-bond acceptors (Lipinski definition) is 5. The highest BCUT2D eigenvalue weighted by Gasteiger charge is 2.34. The lowest BCUT2D eigenvalue weighted by Gasteiger charge is -2.19. The van der Waals surface area contributed by atoms with Crippen molar-refractivity contribution < 1.29 is 13.2 Å². The highest BCUT2D eigenvalue weighted by molar-refractivity contribution is 5.45. The second kappa shape index (κ2) is 5.71. The third kappa shape index (κ3) is 3.29. The summed E-state index contributed by atoms with van der Waals surface area (Å²) < 4.78 is 38.9. The van der Waals surface area contributed by atoms with Crippen LogP contribution in [-0.4, -0.2) is 56.3 Å². The van der Waals surface area contributed by atoms with Crippen molar-refractivity contribution in [3.8, 4) is 0 Å². The van der Waals surface area contributed by atoms with Gasteiger partial charge in [-0.05, 0) is 12.8 Å². The van der Waals surface area contributed by atoms with E-state index in [-0.39, 0.29) is 6.04 Å². The zero-order valence-electron chi connectivity index (χ0n) is 12.1. The van der Waals surface area contributed by atoms with E-state index >= 15 is 0 Å². The van der Waals surface area contributed by atoms with Crippen LogP contribution >= 0.6 is 0 Å². The van der Waals surface area contributed by atoms with Crippen molar-refractivity contribution in [2.45, 2.75) is 32.0 Å². The number of aryl methyl sites for hydroxylation is 1. The van der Waals surface area contributed by atoms with Gasteiger partial charge in [0.1, 0.15) is 12.1 Å². The fourth-order valence-electron chi connectivity index (χ4n) is 2.70. The topological polar surface area (TPSA) is 58.4 Å². The predicted molar refractivity (Wildman–Crippen MR) is 74.7 cm³/mol. The number of hydrogen-bond donors (Lipinski definition) is 1. The van der Waals surface area contributed by atoms with Crippen LogP contribution in [0.15, 0.2) is 12.4 Å². The van der Waals surface area contributed by atoms with Crippen LogP contribution in [0.25, 0.3) is 5.78 Å². The van der Waals surface area contributed by atoms with Gasteiger partial charge in [0.2, 0.25) is 0 Å². The standard InChI is InChI=1S/C13H17F3N6/c1-2-9-5-11(22-12(20-9)17-8-18-22)19-10-3-4-21(6-10)7-13(14,15)16/h5,8,10,19H,2-4,6-7H2,1H3. The van der Waals surface area contributed by atoms with Crippen molar-refractivity contribution in [3.05, 3.63) is 18.1 Å². The van der Waals surface area contributed by atoms with E-state index in [2.05, 4.69) is 20.4 Å². The first-order valence-electron chi connectivity index (χ1n) is 7.20. The minimum absolute atomic E-state index is 0.0399. The molecule has 0 aliphatic carbocycles. The maximum atomic E-state index is 12.4. The molecular weight excluding hydrogens is 297 g/mol. The van der Waals surface area contributed by atoms with Gasteiger partial charge >= 0.3 is 6.18 Å². The quantitative estimate of drug-likeness (QED) is 0.931. The molecule has 1 atom stereocenters. The molecule has 0 amide bonds. The zero-order valence-corrected chi connectivity index (χ0v) is 12.1. The average Bonchev–Trinajstić information content (AvgIpc) is 3.06. The first-order chi connectivity index (χ1) is 10.4. The van der Waals surface area contributed by atoms with Gasteiger partial charge in [0, 0.05) is 30.9 Å². The normalized spacial score (nSPS) is 19.9. The highest BCUT2D eigenvalue weighted by atomic mass is 19.4. The van der Waals surface area contributed by atoms with Crippen molar-refractivity contribution in [3.63, 3.8) is 0 Å². The van der Waals surface area contributed by atoms with E-state index in [0.717, 1.165) is 17.9 Å². The molecule has 2 aromatic rings. The van der Waals surface area contributed by atoms with Crippen molar-refractivity contribution in [1.29, 1.82) is 0 Å². The lowest BCUT2D eigenvalue weighted by Crippen LogP contribution is -2.34. The molecule has 0 spiro atoms. The summed E-state index contributed by atoms with van der Waals surface area (Å²) in [4.78, 5) is 9.82. The Labute approximate surface area is 125 Å². The van der Waals surface area contributed by atoms with E-state index in [1.165, 1.54) is 11.2 Å². The first kappa shape index (κ1) is 15.0. The van der Waals surface area contributed by atoms with Crippen molar-refractivity contribution in [2.24, 2.45) is 0 Å². The molecule has 1 saturated heterocycles. The molecule has 6 nitrogen and oxygen atoms in total. The Balaban J connectivity index is 1.73. The third-order valence-corrected chi connectivity index (χ3v) is 3.69. The van der Waals surface area contributed by atoms with Gasteiger partial charge in [-0.25, -0.2) is 4.98 Å². The molecule has 1 fully saturated rings. The van der Waals surface area contributed by atoms with Crippen LogP contribution in [0.5, 0.6) is 0 Å². The van der Waals surface area contributed by atoms with Crippen molar-refractivity contribution in [2.75, 3.05) is 25.0 Å². The van der Waals surface area contributed by atoms with E-state index in [9.17, 15) is 13.2 Å². The third-order valence-electron chi connectivity index (χ3n) is 3.69. The molecule has 1 aliphatic heterocycles. The molecule has 0 bridgehead atoms. The molecule has 120 valence electrons. The molecule has 1 unspecified atom stereocenters. The Bertz CT molecular complexity index is 653. The molecule has 0 radical (unpaired) electrons. The number of likely N-dealkylation sites (tertiary alicyclic amines) is 1. The van der Waals surface area contributed by atoms with Gasteiger partial charge < -0.3 is 5.32 Å². The Morgan fingerprint density at radius 3 is 2.95 bits per heavy atom. The lowest BCUT2D eigenvalue weighted by molar-refractivity contribution is -0.143. The second-order valence-electron chi connectivity index (χ2n) is 5.44. The Kier molecular flexibility index (Phi) is 3.90. The van der Waals surface area contributed by atoms with Gasteiger partial charge in [-0.1, -0.05) is 6.92 Å². The van der Waals surface area contributed by atoms with Crippen LogP contribution in [-0.2, 0) is 6.42 Å². The van der Waals surface area contributed by atoms with Crippen LogP contribution in [0.1, 0.15) is 19.0 Å². The van der Waals surface area contributed by atoms with E-state index in [1.807, 2.05) is 13.0 Å². The van der Waals surface area contributed by atoms with Crippen LogP contribution in [0, 0.1) is 0 Å². The van der Waals surface area contributed by atoms with Gasteiger partial charge in [-0.15, -0.1) is 0 Å². The maximum Gasteiger partial charge on any atom is 0.401 e. The number of nitrogens with zero attached hydrogens (tertiary/aromatic N) is 5. The molecule has 1 N–H and O–H groups in total. The van der Waals surface area contributed by atoms with Crippen LogP contribution in [0.2, 0.25) is 0 Å². The van der Waals surface area contributed by atoms with E-state index in [0.29, 0.717) is 25.3 Å². The van der Waals surface area contributed by atoms with E-state index < -0.39 is 12.7 Å². The number of aromatic nitrogens is 4. The van der Waals surface area contributed by atoms with Gasteiger partial charge in [0.15, 0.2) is 0 Å². The predicted octanol–water partition coefficient (Wildman–Crippen LogP) is 1.74. The molecule has 1 aliphatic rings. The summed E-state index contributed by atoms with van der Waals surface area (Å²) in [6.45, 7) is 1.92. The molecule has 0 saturated carbocycles. The van der Waals surface area contributed by atoms with Crippen LogP contribution < -0.4 is 5.32 Å². The van der Waals surface area contributed by atoms with Gasteiger partial charge in [-0.2, -0.15) is 27.8 Å². The molecule has 9 heteroatoms. The van der Waals surface area contributed by atoms with Crippen molar-refractivity contribution in [1.82, 2.24) is 24.5 Å². The smallest absolute Gasteiger partial charge is 0.366 e. The lowest BCUT2D eigenvalue weighted by atomic mass is 10.2. The Hall–Kier alpha value is -1.90. The van der Waals surface area contributed by atoms with Crippen LogP contribution in [0.3, 0.4) is 0 Å². The summed E-state index contributed by atoms with van der Waals surface area (Å²) >= 11 is 0. The summed E-state index contributed by atoms with van der Waals surface area (Å²) in [5, 5.41) is 7.37. The zero-order chi connectivity index (χ0) is 15.7. The Morgan fingerprint density at radius 2 is 2.23 bits per heavy atom. The second-order valence-corrected chi connectivity index (χ2v) is 5.44. The summed E-state index contributed by atoms with van der Waals surface area (Å²) in [6, 6.07) is 1.83. The number of anilines is 1. The molecule has 22 heavy (non-hydrogen) atoms. The highest BCUT2D eigenvalue weighted by Crippen LogP contribution is 2.22. The summed E-state index contributed by atoms with van der Waals surface area (Å²) in [5.41, 5.74) is 0.869. The fourth-order valence-corrected chi connectivity index (χ4v) is 2.70. The monoisotopic (exact) mass is 314 g/mol. The molecule has 3 rings (SSSR count). The summed E-state index contributed by atoms with van der Waals surface area (Å²) in [6.07, 6.45) is -1.32. The van der Waals surface area contributed by atoms with Gasteiger partial charge in [0.05, 0.1) is 6.54 Å². The maximum absolute atomic E-state index is 12.4. The van der Waals surface area contributed by atoms with E-state index in [4.69, 9.17) is 0 Å². The number of rotatable bonds is 4. The number of alkyl halides is 3. The fraction of sp³-hybridized carbons (Fsp3) is 0.615. The molecule has 0 aromatic carbocycles. The number of halogens is 3. The average molecular weight is 314 g/mol. The number of fused-ring (bicyclic) bond motifs is 1. The summed E-state index contributed by atoms with van der Waals surface area (Å²) in [5.74, 6) is 1.21. The number of nitrogens with one attached hydrogen (secondary N) is 1. The molecule has 3 heterocycles. The SMILES string of the molecule is CCc1cc(NC2CCN(CC(F)(F)F)C2)n2ncnc2n1. The van der Waals surface area contributed by atoms with Crippen LogP contribution in [0.4, 0.5) is 19.0 Å². The summed E-state index contributed by atoms with van der Waals surface area (Å²) in [7, 11) is 0.